The number of aromatic hydroxyl groups is 1. The van der Waals surface area contributed by atoms with E-state index in [2.05, 4.69) is 4.74 Å². The highest BCUT2D eigenvalue weighted by Gasteiger charge is 2.15. The molecule has 0 aliphatic carbocycles. The molecule has 17 heavy (non-hydrogen) atoms. The van der Waals surface area contributed by atoms with Gasteiger partial charge in [0.05, 0.1) is 0 Å². The number of esters is 2. The van der Waals surface area contributed by atoms with Crippen LogP contribution in [-0.2, 0) is 9.53 Å². The van der Waals surface area contributed by atoms with Crippen LogP contribution in [0.4, 0.5) is 0 Å². The molecule has 0 spiro atoms. The third-order valence-electron chi connectivity index (χ3n) is 2.31. The van der Waals surface area contributed by atoms with Crippen molar-refractivity contribution < 1.29 is 19.4 Å². The molecule has 1 rings (SSSR count). The number of phenols is 1. The molecule has 0 aliphatic rings. The van der Waals surface area contributed by atoms with E-state index < -0.39 is 11.9 Å². The summed E-state index contributed by atoms with van der Waals surface area (Å²) in [7, 11) is 0. The second-order valence-electron chi connectivity index (χ2n) is 3.74. The lowest BCUT2D eigenvalue weighted by Gasteiger charge is -2.04. The van der Waals surface area contributed by atoms with Gasteiger partial charge < -0.3 is 9.84 Å². The lowest BCUT2D eigenvalue weighted by Crippen LogP contribution is -2.12. The second-order valence-corrected chi connectivity index (χ2v) is 3.74. The van der Waals surface area contributed by atoms with Crippen LogP contribution < -0.4 is 0 Å². The Labute approximate surface area is 100 Å². The number of rotatable bonds is 5. The van der Waals surface area contributed by atoms with Crippen molar-refractivity contribution in [1.82, 2.24) is 0 Å². The summed E-state index contributed by atoms with van der Waals surface area (Å²) in [6, 6.07) is 5.97. The first kappa shape index (κ1) is 13.2. The molecular weight excluding hydrogens is 220 g/mol. The van der Waals surface area contributed by atoms with E-state index in [0.717, 1.165) is 12.8 Å². The average molecular weight is 236 g/mol. The van der Waals surface area contributed by atoms with E-state index in [1.165, 1.54) is 12.1 Å². The first-order valence-corrected chi connectivity index (χ1v) is 5.68. The van der Waals surface area contributed by atoms with Gasteiger partial charge in [0.25, 0.3) is 0 Å². The Morgan fingerprint density at radius 2 is 1.94 bits per heavy atom. The van der Waals surface area contributed by atoms with Gasteiger partial charge in [0.2, 0.25) is 0 Å². The van der Waals surface area contributed by atoms with Crippen molar-refractivity contribution in [2.45, 2.75) is 32.6 Å². The maximum atomic E-state index is 11.5. The van der Waals surface area contributed by atoms with E-state index in [-0.39, 0.29) is 17.7 Å². The van der Waals surface area contributed by atoms with Crippen molar-refractivity contribution in [2.24, 2.45) is 0 Å². The van der Waals surface area contributed by atoms with Crippen molar-refractivity contribution in [3.05, 3.63) is 29.8 Å². The lowest BCUT2D eigenvalue weighted by molar-refractivity contribution is -0.138. The summed E-state index contributed by atoms with van der Waals surface area (Å²) < 4.78 is 4.63. The van der Waals surface area contributed by atoms with Crippen molar-refractivity contribution in [3.8, 4) is 5.75 Å². The largest absolute Gasteiger partial charge is 0.507 e. The van der Waals surface area contributed by atoms with Gasteiger partial charge >= 0.3 is 11.9 Å². The predicted octanol–water partition coefficient (Wildman–Crippen LogP) is 2.66. The van der Waals surface area contributed by atoms with Gasteiger partial charge in [0.1, 0.15) is 11.3 Å². The van der Waals surface area contributed by atoms with Gasteiger partial charge in [-0.15, -0.1) is 0 Å². The van der Waals surface area contributed by atoms with Crippen molar-refractivity contribution in [2.75, 3.05) is 0 Å². The van der Waals surface area contributed by atoms with Crippen molar-refractivity contribution in [3.63, 3.8) is 0 Å². The molecule has 4 nitrogen and oxygen atoms in total. The molecule has 0 aliphatic heterocycles. The van der Waals surface area contributed by atoms with Crippen LogP contribution in [0.15, 0.2) is 24.3 Å². The highest BCUT2D eigenvalue weighted by molar-refractivity contribution is 5.98. The van der Waals surface area contributed by atoms with Crippen LogP contribution >= 0.6 is 0 Å². The molecule has 92 valence electrons. The Hall–Kier alpha value is -1.84. The Morgan fingerprint density at radius 3 is 2.59 bits per heavy atom. The van der Waals surface area contributed by atoms with E-state index in [4.69, 9.17) is 0 Å². The standard InChI is InChI=1S/C13H16O4/c1-2-3-4-9-12(15)17-13(16)10-7-5-6-8-11(10)14/h5-8,14H,2-4,9H2,1H3. The van der Waals surface area contributed by atoms with E-state index in [0.29, 0.717) is 6.42 Å². The SMILES string of the molecule is CCCCCC(=O)OC(=O)c1ccccc1O. The number of hydrogen-bond acceptors (Lipinski definition) is 4. The van der Waals surface area contributed by atoms with Crippen molar-refractivity contribution in [1.29, 1.82) is 0 Å². The minimum Gasteiger partial charge on any atom is -0.507 e. The summed E-state index contributed by atoms with van der Waals surface area (Å²) in [5.74, 6) is -1.53. The number of hydrogen-bond donors (Lipinski definition) is 1. The third-order valence-corrected chi connectivity index (χ3v) is 2.31. The molecular formula is C13H16O4. The third kappa shape index (κ3) is 4.26. The van der Waals surface area contributed by atoms with E-state index in [9.17, 15) is 14.7 Å². The maximum absolute atomic E-state index is 11.5. The smallest absolute Gasteiger partial charge is 0.349 e. The number of ether oxygens (including phenoxy) is 1. The molecule has 4 heteroatoms. The summed E-state index contributed by atoms with van der Waals surface area (Å²) >= 11 is 0. The van der Waals surface area contributed by atoms with Crippen LogP contribution in [0.25, 0.3) is 0 Å². The van der Waals surface area contributed by atoms with Gasteiger partial charge in [-0.05, 0) is 18.6 Å². The van der Waals surface area contributed by atoms with Gasteiger partial charge in [-0.2, -0.15) is 0 Å². The molecule has 1 aromatic rings. The van der Waals surface area contributed by atoms with Crippen LogP contribution in [-0.4, -0.2) is 17.0 Å². The molecule has 0 aromatic heterocycles. The minimum atomic E-state index is -0.801. The number of benzene rings is 1. The van der Waals surface area contributed by atoms with Crippen molar-refractivity contribution >= 4 is 11.9 Å². The molecule has 0 radical (unpaired) electrons. The highest BCUT2D eigenvalue weighted by atomic mass is 16.6. The molecule has 0 heterocycles. The molecule has 0 saturated carbocycles. The fourth-order valence-corrected chi connectivity index (χ4v) is 1.37. The summed E-state index contributed by atoms with van der Waals surface area (Å²) in [4.78, 5) is 22.8. The minimum absolute atomic E-state index is 0.0105. The average Bonchev–Trinajstić information content (AvgIpc) is 2.29. The van der Waals surface area contributed by atoms with Gasteiger partial charge in [0, 0.05) is 6.42 Å². The molecule has 0 saturated heterocycles. The summed E-state index contributed by atoms with van der Waals surface area (Å²) in [6.45, 7) is 2.03. The summed E-state index contributed by atoms with van der Waals surface area (Å²) in [6.07, 6.45) is 2.87. The van der Waals surface area contributed by atoms with Gasteiger partial charge in [0.15, 0.2) is 0 Å². The number of unbranched alkanes of at least 4 members (excludes halogenated alkanes) is 2. The Morgan fingerprint density at radius 1 is 1.24 bits per heavy atom. The number of carbonyl (C=O) groups is 2. The molecule has 0 atom stereocenters. The van der Waals surface area contributed by atoms with E-state index in [1.54, 1.807) is 12.1 Å². The van der Waals surface area contributed by atoms with Crippen LogP contribution in [0.2, 0.25) is 0 Å². The first-order chi connectivity index (χ1) is 8.15. The Balaban J connectivity index is 2.49. The van der Waals surface area contributed by atoms with E-state index in [1.807, 2.05) is 6.92 Å². The highest BCUT2D eigenvalue weighted by Crippen LogP contribution is 2.16. The first-order valence-electron chi connectivity index (χ1n) is 5.68. The molecule has 0 unspecified atom stereocenters. The van der Waals surface area contributed by atoms with Crippen LogP contribution in [0, 0.1) is 0 Å². The molecule has 0 fully saturated rings. The number of phenolic OH excluding ortho intramolecular Hbond substituents is 1. The second kappa shape index (κ2) is 6.68. The Kier molecular flexibility index (Phi) is 5.20. The predicted molar refractivity (Wildman–Crippen MR) is 62.7 cm³/mol. The van der Waals surface area contributed by atoms with Crippen LogP contribution in [0.3, 0.4) is 0 Å². The zero-order valence-corrected chi connectivity index (χ0v) is 9.81. The quantitative estimate of drug-likeness (QED) is 0.485. The fourth-order valence-electron chi connectivity index (χ4n) is 1.37. The lowest BCUT2D eigenvalue weighted by atomic mass is 10.2. The summed E-state index contributed by atoms with van der Waals surface area (Å²) in [5, 5.41) is 9.40. The van der Waals surface area contributed by atoms with E-state index >= 15 is 0 Å². The van der Waals surface area contributed by atoms with Crippen LogP contribution in [0.1, 0.15) is 43.0 Å². The molecule has 1 aromatic carbocycles. The zero-order chi connectivity index (χ0) is 12.7. The zero-order valence-electron chi connectivity index (χ0n) is 9.81. The number of carbonyl (C=O) groups excluding carboxylic acids is 2. The summed E-state index contributed by atoms with van der Waals surface area (Å²) in [5.41, 5.74) is 0.0105. The normalized spacial score (nSPS) is 9.94. The number of para-hydroxylation sites is 1. The monoisotopic (exact) mass is 236 g/mol. The van der Waals surface area contributed by atoms with Gasteiger partial charge in [-0.3, -0.25) is 4.79 Å². The molecule has 0 bridgehead atoms. The molecule has 1 N–H and O–H groups in total. The fraction of sp³-hybridized carbons (Fsp3) is 0.385. The van der Waals surface area contributed by atoms with Crippen LogP contribution in [0.5, 0.6) is 5.75 Å². The maximum Gasteiger partial charge on any atom is 0.349 e. The van der Waals surface area contributed by atoms with Gasteiger partial charge in [-0.1, -0.05) is 31.9 Å². The van der Waals surface area contributed by atoms with Gasteiger partial charge in [-0.25, -0.2) is 4.79 Å². The molecule has 0 amide bonds. The topological polar surface area (TPSA) is 63.6 Å². The Bertz CT molecular complexity index is 398.